The van der Waals surface area contributed by atoms with Gasteiger partial charge in [-0.15, -0.1) is 10.2 Å². The Morgan fingerprint density at radius 3 is 2.73 bits per heavy atom. The number of hydrogen-bond donors (Lipinski definition) is 0. The third-order valence-electron chi connectivity index (χ3n) is 2.11. The lowest BCUT2D eigenvalue weighted by atomic mass is 10.1. The van der Waals surface area contributed by atoms with Crippen molar-refractivity contribution in [2.75, 3.05) is 0 Å². The Morgan fingerprint density at radius 2 is 2.07 bits per heavy atom. The fourth-order valence-electron chi connectivity index (χ4n) is 1.30. The molecule has 0 atom stereocenters. The highest BCUT2D eigenvalue weighted by Crippen LogP contribution is 2.17. The Morgan fingerprint density at radius 1 is 1.20 bits per heavy atom. The van der Waals surface area contributed by atoms with E-state index in [0.717, 1.165) is 23.4 Å². The van der Waals surface area contributed by atoms with E-state index in [1.54, 1.807) is 12.3 Å². The molecule has 0 aliphatic carbocycles. The summed E-state index contributed by atoms with van der Waals surface area (Å²) in [6.07, 6.45) is 2.69. The molecule has 2 aromatic rings. The van der Waals surface area contributed by atoms with E-state index in [2.05, 4.69) is 22.1 Å². The molecule has 3 nitrogen and oxygen atoms in total. The zero-order chi connectivity index (χ0) is 10.7. The topological polar surface area (TPSA) is 38.7 Å². The maximum atomic E-state index is 5.67. The van der Waals surface area contributed by atoms with Gasteiger partial charge in [-0.25, -0.2) is 0 Å². The molecule has 0 spiro atoms. The van der Waals surface area contributed by atoms with Gasteiger partial charge in [-0.3, -0.25) is 4.98 Å². The first-order chi connectivity index (χ1) is 7.29. The van der Waals surface area contributed by atoms with Gasteiger partial charge >= 0.3 is 0 Å². The van der Waals surface area contributed by atoms with E-state index in [-0.39, 0.29) is 0 Å². The first-order valence-corrected chi connectivity index (χ1v) is 5.12. The molecule has 0 aliphatic rings. The van der Waals surface area contributed by atoms with Crippen LogP contribution in [0, 0.1) is 0 Å². The normalized spacial score (nSPS) is 10.3. The van der Waals surface area contributed by atoms with Gasteiger partial charge in [-0.05, 0) is 30.7 Å². The molecule has 0 N–H and O–H groups in total. The van der Waals surface area contributed by atoms with Gasteiger partial charge in [-0.2, -0.15) is 0 Å². The molecule has 0 unspecified atom stereocenters. The fraction of sp³-hybridized carbons (Fsp3) is 0.182. The van der Waals surface area contributed by atoms with Crippen molar-refractivity contribution in [3.8, 4) is 11.3 Å². The van der Waals surface area contributed by atoms with E-state index >= 15 is 0 Å². The third-order valence-corrected chi connectivity index (χ3v) is 2.31. The van der Waals surface area contributed by atoms with E-state index in [9.17, 15) is 0 Å². The molecule has 0 fully saturated rings. The second-order valence-corrected chi connectivity index (χ2v) is 3.52. The van der Waals surface area contributed by atoms with Gasteiger partial charge in [-0.1, -0.05) is 18.5 Å². The third kappa shape index (κ3) is 2.30. The van der Waals surface area contributed by atoms with Crippen LogP contribution < -0.4 is 0 Å². The second-order valence-electron chi connectivity index (χ2n) is 3.13. The predicted octanol–water partition coefficient (Wildman–Crippen LogP) is 2.75. The first-order valence-electron chi connectivity index (χ1n) is 4.74. The second kappa shape index (κ2) is 4.36. The van der Waals surface area contributed by atoms with E-state index in [1.165, 1.54) is 0 Å². The number of aryl methyl sites for hydroxylation is 1. The van der Waals surface area contributed by atoms with Gasteiger partial charge in [0.1, 0.15) is 0 Å². The van der Waals surface area contributed by atoms with Gasteiger partial charge in [0, 0.05) is 17.5 Å². The van der Waals surface area contributed by atoms with Gasteiger partial charge in [0.25, 0.3) is 0 Å². The van der Waals surface area contributed by atoms with Crippen LogP contribution in [0.4, 0.5) is 0 Å². The predicted molar refractivity (Wildman–Crippen MR) is 59.7 cm³/mol. The largest absolute Gasteiger partial charge is 0.261 e. The summed E-state index contributed by atoms with van der Waals surface area (Å²) in [6.45, 7) is 2.07. The quantitative estimate of drug-likeness (QED) is 0.780. The van der Waals surface area contributed by atoms with Crippen LogP contribution in [0.3, 0.4) is 0 Å². The summed E-state index contributed by atoms with van der Waals surface area (Å²) in [5.41, 5.74) is 2.88. The van der Waals surface area contributed by atoms with Crippen molar-refractivity contribution in [3.05, 3.63) is 41.3 Å². The van der Waals surface area contributed by atoms with Gasteiger partial charge in [0.2, 0.25) is 0 Å². The summed E-state index contributed by atoms with van der Waals surface area (Å²) in [4.78, 5) is 4.23. The highest BCUT2D eigenvalue weighted by Gasteiger charge is 2.01. The zero-order valence-corrected chi connectivity index (χ0v) is 9.07. The molecule has 0 radical (unpaired) electrons. The molecule has 2 aromatic heterocycles. The van der Waals surface area contributed by atoms with Crippen LogP contribution in [0.25, 0.3) is 11.3 Å². The Balaban J connectivity index is 2.40. The number of nitrogens with zero attached hydrogens (tertiary/aromatic N) is 3. The summed E-state index contributed by atoms with van der Waals surface area (Å²) in [6, 6.07) is 7.51. The SMILES string of the molecule is CCc1cc(-c2ccc(Cl)nn2)ccn1. The molecule has 76 valence electrons. The molecule has 0 saturated heterocycles. The van der Waals surface area contributed by atoms with Crippen molar-refractivity contribution in [1.82, 2.24) is 15.2 Å². The number of hydrogen-bond acceptors (Lipinski definition) is 3. The molecule has 0 aliphatic heterocycles. The van der Waals surface area contributed by atoms with Crippen molar-refractivity contribution >= 4 is 11.6 Å². The Kier molecular flexibility index (Phi) is 2.92. The van der Waals surface area contributed by atoms with Crippen LogP contribution in [0.15, 0.2) is 30.5 Å². The van der Waals surface area contributed by atoms with E-state index in [0.29, 0.717) is 5.15 Å². The average Bonchev–Trinajstić information content (AvgIpc) is 2.30. The molecule has 2 heterocycles. The standard InChI is InChI=1S/C11H10ClN3/c1-2-9-7-8(5-6-13-9)10-3-4-11(12)15-14-10/h3-7H,2H2,1H3. The summed E-state index contributed by atoms with van der Waals surface area (Å²) in [5, 5.41) is 8.23. The summed E-state index contributed by atoms with van der Waals surface area (Å²) >= 11 is 5.67. The lowest BCUT2D eigenvalue weighted by molar-refractivity contribution is 1.02. The first kappa shape index (κ1) is 10.1. The van der Waals surface area contributed by atoms with E-state index < -0.39 is 0 Å². The van der Waals surface area contributed by atoms with Crippen LogP contribution in [0.5, 0.6) is 0 Å². The summed E-state index contributed by atoms with van der Waals surface area (Å²) in [5.74, 6) is 0. The van der Waals surface area contributed by atoms with Crippen molar-refractivity contribution < 1.29 is 0 Å². The highest BCUT2D eigenvalue weighted by molar-refractivity contribution is 6.29. The van der Waals surface area contributed by atoms with Gasteiger partial charge in [0.05, 0.1) is 5.69 Å². The maximum Gasteiger partial charge on any atom is 0.151 e. The molecule has 15 heavy (non-hydrogen) atoms. The molecule has 0 amide bonds. The molecule has 0 bridgehead atoms. The average molecular weight is 220 g/mol. The number of aromatic nitrogens is 3. The Labute approximate surface area is 93.1 Å². The maximum absolute atomic E-state index is 5.67. The highest BCUT2D eigenvalue weighted by atomic mass is 35.5. The summed E-state index contributed by atoms with van der Waals surface area (Å²) in [7, 11) is 0. The zero-order valence-electron chi connectivity index (χ0n) is 8.31. The van der Waals surface area contributed by atoms with Crippen LogP contribution in [0.1, 0.15) is 12.6 Å². The monoisotopic (exact) mass is 219 g/mol. The molecular formula is C11H10ClN3. The molecule has 4 heteroatoms. The van der Waals surface area contributed by atoms with Crippen molar-refractivity contribution in [3.63, 3.8) is 0 Å². The minimum Gasteiger partial charge on any atom is -0.261 e. The number of halogens is 1. The van der Waals surface area contributed by atoms with Crippen LogP contribution in [0.2, 0.25) is 5.15 Å². The smallest absolute Gasteiger partial charge is 0.151 e. The van der Waals surface area contributed by atoms with Crippen LogP contribution >= 0.6 is 11.6 Å². The fourth-order valence-corrected chi connectivity index (χ4v) is 1.40. The van der Waals surface area contributed by atoms with Crippen LogP contribution in [-0.2, 0) is 6.42 Å². The van der Waals surface area contributed by atoms with Crippen molar-refractivity contribution in [2.45, 2.75) is 13.3 Å². The van der Waals surface area contributed by atoms with Crippen molar-refractivity contribution in [1.29, 1.82) is 0 Å². The van der Waals surface area contributed by atoms with Crippen molar-refractivity contribution in [2.24, 2.45) is 0 Å². The molecule has 0 saturated carbocycles. The molecule has 2 rings (SSSR count). The minimum absolute atomic E-state index is 0.406. The minimum atomic E-state index is 0.406. The van der Waals surface area contributed by atoms with E-state index in [1.807, 2.05) is 18.2 Å². The lowest BCUT2D eigenvalue weighted by Gasteiger charge is -2.01. The number of pyridine rings is 1. The van der Waals surface area contributed by atoms with Gasteiger partial charge < -0.3 is 0 Å². The lowest BCUT2D eigenvalue weighted by Crippen LogP contribution is -1.90. The Bertz CT molecular complexity index is 454. The Hall–Kier alpha value is -1.48. The molecular weight excluding hydrogens is 210 g/mol. The van der Waals surface area contributed by atoms with Gasteiger partial charge in [0.15, 0.2) is 5.15 Å². The van der Waals surface area contributed by atoms with E-state index in [4.69, 9.17) is 11.6 Å². The number of rotatable bonds is 2. The summed E-state index contributed by atoms with van der Waals surface area (Å²) < 4.78 is 0. The molecule has 0 aromatic carbocycles. The van der Waals surface area contributed by atoms with Crippen LogP contribution in [-0.4, -0.2) is 15.2 Å².